The molecule has 0 fully saturated rings. The lowest BCUT2D eigenvalue weighted by Crippen LogP contribution is -2.31. The van der Waals surface area contributed by atoms with E-state index < -0.39 is 17.8 Å². The van der Waals surface area contributed by atoms with E-state index in [2.05, 4.69) is 18.0 Å². The van der Waals surface area contributed by atoms with E-state index in [1.54, 1.807) is 0 Å². The number of carboxylic acid groups (broad SMARTS) is 1. The SMILES string of the molecule is CCc1cccc2c(CCN3C(=O)c4ccc(C(=O)[O-])cc4C3=O)c(C)[nH]c12. The first-order valence-electron chi connectivity index (χ1n) is 9.23. The highest BCUT2D eigenvalue weighted by atomic mass is 16.4. The Morgan fingerprint density at radius 2 is 1.86 bits per heavy atom. The van der Waals surface area contributed by atoms with Crippen LogP contribution in [0, 0.1) is 6.92 Å². The van der Waals surface area contributed by atoms with Gasteiger partial charge in [0.15, 0.2) is 0 Å². The number of fused-ring (bicyclic) bond motifs is 2. The lowest BCUT2D eigenvalue weighted by atomic mass is 10.0. The first-order valence-corrected chi connectivity index (χ1v) is 9.23. The smallest absolute Gasteiger partial charge is 0.261 e. The number of aromatic amines is 1. The molecule has 3 aromatic rings. The minimum absolute atomic E-state index is 0.110. The number of aryl methyl sites for hydroxylation is 2. The number of hydrogen-bond acceptors (Lipinski definition) is 4. The fourth-order valence-electron chi connectivity index (χ4n) is 3.93. The molecule has 0 unspecified atom stereocenters. The van der Waals surface area contributed by atoms with Gasteiger partial charge in [-0.3, -0.25) is 14.5 Å². The number of aromatic nitrogens is 1. The maximum Gasteiger partial charge on any atom is 0.261 e. The van der Waals surface area contributed by atoms with Crippen molar-refractivity contribution >= 4 is 28.7 Å². The fourth-order valence-corrected chi connectivity index (χ4v) is 3.93. The molecule has 2 amide bonds. The van der Waals surface area contributed by atoms with E-state index in [1.165, 1.54) is 28.7 Å². The summed E-state index contributed by atoms with van der Waals surface area (Å²) < 4.78 is 0. The molecule has 6 heteroatoms. The second-order valence-electron chi connectivity index (χ2n) is 6.98. The van der Waals surface area contributed by atoms with E-state index in [0.717, 1.165) is 28.6 Å². The highest BCUT2D eigenvalue weighted by Gasteiger charge is 2.35. The molecule has 0 aliphatic carbocycles. The Labute approximate surface area is 161 Å². The maximum atomic E-state index is 12.7. The monoisotopic (exact) mass is 375 g/mol. The normalized spacial score (nSPS) is 13.4. The molecule has 6 nitrogen and oxygen atoms in total. The topological polar surface area (TPSA) is 93.3 Å². The van der Waals surface area contributed by atoms with Gasteiger partial charge < -0.3 is 14.9 Å². The number of nitrogens with zero attached hydrogens (tertiary/aromatic N) is 1. The third-order valence-corrected chi connectivity index (χ3v) is 5.41. The number of rotatable bonds is 5. The van der Waals surface area contributed by atoms with Crippen molar-refractivity contribution in [3.63, 3.8) is 0 Å². The number of carboxylic acids is 1. The van der Waals surface area contributed by atoms with Crippen LogP contribution in [-0.2, 0) is 12.8 Å². The standard InChI is InChI=1S/C22H20N2O4/c1-3-13-5-4-6-16-15(12(2)23-19(13)16)9-10-24-20(25)17-8-7-14(22(27)28)11-18(17)21(24)26/h4-8,11,23H,3,9-10H2,1-2H3,(H,27,28)/p-1. The van der Waals surface area contributed by atoms with Gasteiger partial charge >= 0.3 is 0 Å². The van der Waals surface area contributed by atoms with Gasteiger partial charge in [-0.2, -0.15) is 0 Å². The highest BCUT2D eigenvalue weighted by Crippen LogP contribution is 2.28. The Morgan fingerprint density at radius 3 is 2.57 bits per heavy atom. The van der Waals surface area contributed by atoms with Crippen LogP contribution in [0.2, 0.25) is 0 Å². The molecule has 0 bridgehead atoms. The number of H-pyrrole nitrogens is 1. The first kappa shape index (κ1) is 18.0. The largest absolute Gasteiger partial charge is 0.545 e. The van der Waals surface area contributed by atoms with Crippen molar-refractivity contribution in [1.82, 2.24) is 9.88 Å². The van der Waals surface area contributed by atoms with Crippen LogP contribution in [0.4, 0.5) is 0 Å². The maximum absolute atomic E-state index is 12.7. The molecule has 4 rings (SSSR count). The Morgan fingerprint density at radius 1 is 1.11 bits per heavy atom. The van der Waals surface area contributed by atoms with Crippen LogP contribution in [-0.4, -0.2) is 34.2 Å². The molecule has 0 atom stereocenters. The summed E-state index contributed by atoms with van der Waals surface area (Å²) in [6.07, 6.45) is 1.44. The molecule has 28 heavy (non-hydrogen) atoms. The zero-order valence-electron chi connectivity index (χ0n) is 15.7. The molecule has 1 aliphatic heterocycles. The second-order valence-corrected chi connectivity index (χ2v) is 6.98. The number of aromatic carboxylic acids is 1. The van der Waals surface area contributed by atoms with Crippen molar-refractivity contribution in [3.05, 3.63) is 69.9 Å². The number of carbonyl (C=O) groups is 3. The summed E-state index contributed by atoms with van der Waals surface area (Å²) in [7, 11) is 0. The average Bonchev–Trinajstić information content (AvgIpc) is 3.13. The van der Waals surface area contributed by atoms with Gasteiger partial charge in [-0.15, -0.1) is 0 Å². The first-order chi connectivity index (χ1) is 13.4. The van der Waals surface area contributed by atoms with Gasteiger partial charge in [0.05, 0.1) is 17.1 Å². The molecule has 0 saturated carbocycles. The minimum atomic E-state index is -1.37. The second kappa shape index (κ2) is 6.64. The molecule has 142 valence electrons. The highest BCUT2D eigenvalue weighted by molar-refractivity contribution is 6.21. The average molecular weight is 375 g/mol. The van der Waals surface area contributed by atoms with E-state index in [9.17, 15) is 19.5 Å². The van der Waals surface area contributed by atoms with Crippen LogP contribution in [0.25, 0.3) is 10.9 Å². The number of imide groups is 1. The lowest BCUT2D eigenvalue weighted by Gasteiger charge is -2.14. The summed E-state index contributed by atoms with van der Waals surface area (Å²) in [5.74, 6) is -2.23. The molecule has 1 aromatic heterocycles. The van der Waals surface area contributed by atoms with E-state index >= 15 is 0 Å². The predicted octanol–water partition coefficient (Wildman–Crippen LogP) is 2.24. The van der Waals surface area contributed by atoms with Gasteiger partial charge in [-0.25, -0.2) is 0 Å². The molecule has 2 heterocycles. The van der Waals surface area contributed by atoms with Crippen LogP contribution < -0.4 is 5.11 Å². The summed E-state index contributed by atoms with van der Waals surface area (Å²) >= 11 is 0. The van der Waals surface area contributed by atoms with E-state index in [1.807, 2.05) is 19.1 Å². The molecule has 0 saturated heterocycles. The zero-order valence-corrected chi connectivity index (χ0v) is 15.7. The Bertz CT molecular complexity index is 1140. The Hall–Kier alpha value is -3.41. The van der Waals surface area contributed by atoms with Gasteiger partial charge in [0, 0.05) is 23.1 Å². The molecule has 0 spiro atoms. The molecule has 2 aromatic carbocycles. The molecular formula is C22H19N2O4-. The van der Waals surface area contributed by atoms with Crippen molar-refractivity contribution in [2.75, 3.05) is 6.54 Å². The molecule has 1 aliphatic rings. The van der Waals surface area contributed by atoms with E-state index in [0.29, 0.717) is 6.42 Å². The van der Waals surface area contributed by atoms with Gasteiger partial charge in [-0.1, -0.05) is 31.2 Å². The van der Waals surface area contributed by atoms with E-state index in [-0.39, 0.29) is 23.2 Å². The predicted molar refractivity (Wildman–Crippen MR) is 102 cm³/mol. The number of benzene rings is 2. The van der Waals surface area contributed by atoms with Crippen LogP contribution in [0.5, 0.6) is 0 Å². The third kappa shape index (κ3) is 2.69. The quantitative estimate of drug-likeness (QED) is 0.692. The number of hydrogen-bond donors (Lipinski definition) is 1. The molecule has 0 radical (unpaired) electrons. The van der Waals surface area contributed by atoms with E-state index in [4.69, 9.17) is 0 Å². The number of amides is 2. The summed E-state index contributed by atoms with van der Waals surface area (Å²) in [5.41, 5.74) is 4.67. The van der Waals surface area contributed by atoms with Crippen LogP contribution in [0.15, 0.2) is 36.4 Å². The summed E-state index contributed by atoms with van der Waals surface area (Å²) in [6, 6.07) is 10.0. The number of nitrogens with one attached hydrogen (secondary N) is 1. The van der Waals surface area contributed by atoms with Gasteiger partial charge in [-0.05, 0) is 48.6 Å². The van der Waals surface area contributed by atoms with Crippen molar-refractivity contribution in [3.8, 4) is 0 Å². The van der Waals surface area contributed by atoms with Gasteiger partial charge in [0.2, 0.25) is 0 Å². The Kier molecular flexibility index (Phi) is 4.26. The van der Waals surface area contributed by atoms with Gasteiger partial charge in [0.1, 0.15) is 0 Å². The van der Waals surface area contributed by atoms with Crippen molar-refractivity contribution in [2.24, 2.45) is 0 Å². The zero-order chi connectivity index (χ0) is 20.0. The van der Waals surface area contributed by atoms with Crippen LogP contribution in [0.3, 0.4) is 0 Å². The lowest BCUT2D eigenvalue weighted by molar-refractivity contribution is -0.255. The van der Waals surface area contributed by atoms with Crippen LogP contribution >= 0.6 is 0 Å². The van der Waals surface area contributed by atoms with Crippen molar-refractivity contribution < 1.29 is 19.5 Å². The summed E-state index contributed by atoms with van der Waals surface area (Å²) in [6.45, 7) is 4.32. The summed E-state index contributed by atoms with van der Waals surface area (Å²) in [5, 5.41) is 12.1. The molecule has 1 N–H and O–H groups in total. The van der Waals surface area contributed by atoms with Crippen LogP contribution in [0.1, 0.15) is 54.8 Å². The summed E-state index contributed by atoms with van der Waals surface area (Å²) in [4.78, 5) is 41.0. The fraction of sp³-hybridized carbons (Fsp3) is 0.227. The number of para-hydroxylation sites is 1. The van der Waals surface area contributed by atoms with Crippen molar-refractivity contribution in [2.45, 2.75) is 26.7 Å². The number of carbonyl (C=O) groups excluding carboxylic acids is 3. The third-order valence-electron chi connectivity index (χ3n) is 5.41. The van der Waals surface area contributed by atoms with Gasteiger partial charge in [0.25, 0.3) is 11.8 Å². The van der Waals surface area contributed by atoms with Crippen molar-refractivity contribution in [1.29, 1.82) is 0 Å². The molecular weight excluding hydrogens is 356 g/mol. The Balaban J connectivity index is 1.62. The minimum Gasteiger partial charge on any atom is -0.545 e.